The first-order valence-corrected chi connectivity index (χ1v) is 9.07. The zero-order valence-electron chi connectivity index (χ0n) is 14.6. The van der Waals surface area contributed by atoms with Crippen molar-refractivity contribution < 1.29 is 4.79 Å². The summed E-state index contributed by atoms with van der Waals surface area (Å²) < 4.78 is 2.12. The highest BCUT2D eigenvalue weighted by Crippen LogP contribution is 2.25. The Hall–Kier alpha value is -2.48. The lowest BCUT2D eigenvalue weighted by atomic mass is 10.1. The van der Waals surface area contributed by atoms with Gasteiger partial charge in [-0.05, 0) is 26.0 Å². The average Bonchev–Trinajstić information content (AvgIpc) is 3.16. The van der Waals surface area contributed by atoms with E-state index in [9.17, 15) is 4.79 Å². The molecular weight excluding hydrogens is 336 g/mol. The molecule has 0 aliphatic carbocycles. The van der Waals surface area contributed by atoms with Gasteiger partial charge in [-0.1, -0.05) is 30.4 Å². The minimum atomic E-state index is -0.600. The molecule has 0 aliphatic rings. The number of nitrogens with one attached hydrogen (secondary N) is 1. The predicted octanol–water partition coefficient (Wildman–Crippen LogP) is 2.47. The number of amides is 1. The van der Waals surface area contributed by atoms with Crippen LogP contribution in [0.3, 0.4) is 0 Å². The molecule has 8 heteroatoms. The summed E-state index contributed by atoms with van der Waals surface area (Å²) in [5.41, 5.74) is 7.06. The van der Waals surface area contributed by atoms with Gasteiger partial charge in [0.2, 0.25) is 11.0 Å². The van der Waals surface area contributed by atoms with Gasteiger partial charge in [-0.2, -0.15) is 0 Å². The second-order valence-electron chi connectivity index (χ2n) is 6.39. The molecule has 2 aromatic heterocycles. The highest BCUT2D eigenvalue weighted by Gasteiger charge is 2.27. The third-order valence-electron chi connectivity index (χ3n) is 4.04. The van der Waals surface area contributed by atoms with Gasteiger partial charge >= 0.3 is 0 Å². The van der Waals surface area contributed by atoms with Crippen LogP contribution in [-0.2, 0) is 23.3 Å². The largest absolute Gasteiger partial charge is 0.374 e. The lowest BCUT2D eigenvalue weighted by Crippen LogP contribution is -2.41. The second kappa shape index (κ2) is 6.79. The fourth-order valence-corrected chi connectivity index (χ4v) is 3.48. The summed E-state index contributed by atoms with van der Waals surface area (Å²) in [5, 5.41) is 12.0. The van der Waals surface area contributed by atoms with E-state index in [-0.39, 0.29) is 5.91 Å². The van der Waals surface area contributed by atoms with E-state index in [2.05, 4.69) is 32.0 Å². The quantitative estimate of drug-likeness (QED) is 0.705. The summed E-state index contributed by atoms with van der Waals surface area (Å²) in [4.78, 5) is 17.1. The summed E-state index contributed by atoms with van der Waals surface area (Å²) in [7, 11) is 0. The van der Waals surface area contributed by atoms with Crippen molar-refractivity contribution in [2.75, 3.05) is 5.73 Å². The highest BCUT2D eigenvalue weighted by atomic mass is 32.1. The van der Waals surface area contributed by atoms with E-state index < -0.39 is 5.54 Å². The van der Waals surface area contributed by atoms with E-state index in [0.717, 1.165) is 23.3 Å². The number of anilines is 1. The number of nitrogen functional groups attached to an aromatic ring is 1. The van der Waals surface area contributed by atoms with Crippen LogP contribution in [0.25, 0.3) is 11.0 Å². The number of imidazole rings is 1. The van der Waals surface area contributed by atoms with Gasteiger partial charge in [0, 0.05) is 19.4 Å². The zero-order valence-corrected chi connectivity index (χ0v) is 15.4. The number of nitrogens with two attached hydrogens (primary N) is 1. The molecule has 0 radical (unpaired) electrons. The third kappa shape index (κ3) is 3.63. The maximum Gasteiger partial charge on any atom is 0.222 e. The molecule has 3 aromatic rings. The van der Waals surface area contributed by atoms with Crippen LogP contribution in [0.4, 0.5) is 5.13 Å². The van der Waals surface area contributed by atoms with E-state index in [1.807, 2.05) is 38.1 Å². The van der Waals surface area contributed by atoms with Gasteiger partial charge in [-0.3, -0.25) is 4.79 Å². The van der Waals surface area contributed by atoms with Gasteiger partial charge in [-0.25, -0.2) is 4.98 Å². The molecule has 0 atom stereocenters. The first-order valence-electron chi connectivity index (χ1n) is 8.25. The SMILES string of the molecule is CCc1nc2ccccc2n1CCC(=O)NC(C)(C)c1nnc(N)s1. The van der Waals surface area contributed by atoms with E-state index in [1.54, 1.807) is 0 Å². The van der Waals surface area contributed by atoms with E-state index in [1.165, 1.54) is 11.3 Å². The Morgan fingerprint density at radius 2 is 2.08 bits per heavy atom. The lowest BCUT2D eigenvalue weighted by Gasteiger charge is -2.23. The molecule has 0 unspecified atom stereocenters. The number of nitrogens with zero attached hydrogens (tertiary/aromatic N) is 4. The van der Waals surface area contributed by atoms with Gasteiger partial charge in [0.25, 0.3) is 0 Å². The topological polar surface area (TPSA) is 98.7 Å². The first kappa shape index (κ1) is 17.3. The number of para-hydroxylation sites is 2. The summed E-state index contributed by atoms with van der Waals surface area (Å²) in [6.45, 7) is 6.45. The monoisotopic (exact) mass is 358 g/mol. The van der Waals surface area contributed by atoms with Gasteiger partial charge in [0.1, 0.15) is 10.8 Å². The summed E-state index contributed by atoms with van der Waals surface area (Å²) in [6, 6.07) is 7.99. The van der Waals surface area contributed by atoms with Gasteiger partial charge in [0.05, 0.1) is 16.6 Å². The standard InChI is InChI=1S/C17H22N6OS/c1-4-13-19-11-7-5-6-8-12(11)23(13)10-9-14(24)20-17(2,3)15-21-22-16(18)25-15/h5-8H,4,9-10H2,1-3H3,(H2,18,22)(H,20,24). The number of aryl methyl sites for hydroxylation is 2. The number of aromatic nitrogens is 4. The van der Waals surface area contributed by atoms with Crippen molar-refractivity contribution in [3.8, 4) is 0 Å². The number of carbonyl (C=O) groups excluding carboxylic acids is 1. The van der Waals surface area contributed by atoms with Crippen LogP contribution < -0.4 is 11.1 Å². The lowest BCUT2D eigenvalue weighted by molar-refractivity contribution is -0.123. The van der Waals surface area contributed by atoms with Crippen molar-refractivity contribution in [1.82, 2.24) is 25.1 Å². The van der Waals surface area contributed by atoms with Gasteiger partial charge in [0.15, 0.2) is 0 Å². The second-order valence-corrected chi connectivity index (χ2v) is 7.40. The molecule has 0 bridgehead atoms. The molecule has 3 rings (SSSR count). The molecule has 3 N–H and O–H groups in total. The van der Waals surface area contributed by atoms with Crippen molar-refractivity contribution in [3.05, 3.63) is 35.1 Å². The number of hydrogen-bond acceptors (Lipinski definition) is 6. The molecule has 25 heavy (non-hydrogen) atoms. The van der Waals surface area contributed by atoms with Gasteiger partial charge < -0.3 is 15.6 Å². The number of rotatable bonds is 6. The maximum absolute atomic E-state index is 12.5. The van der Waals surface area contributed by atoms with Gasteiger partial charge in [-0.15, -0.1) is 10.2 Å². The van der Waals surface area contributed by atoms with Crippen molar-refractivity contribution >= 4 is 33.4 Å². The van der Waals surface area contributed by atoms with Crippen molar-refractivity contribution in [2.45, 2.75) is 45.7 Å². The number of carbonyl (C=O) groups is 1. The van der Waals surface area contributed by atoms with Crippen LogP contribution in [0.5, 0.6) is 0 Å². The van der Waals surface area contributed by atoms with Crippen molar-refractivity contribution in [1.29, 1.82) is 0 Å². The average molecular weight is 358 g/mol. The van der Waals surface area contributed by atoms with Crippen LogP contribution in [0.1, 0.15) is 38.0 Å². The molecule has 0 spiro atoms. The Morgan fingerprint density at radius 3 is 2.76 bits per heavy atom. The molecule has 7 nitrogen and oxygen atoms in total. The number of fused-ring (bicyclic) bond motifs is 1. The van der Waals surface area contributed by atoms with E-state index in [0.29, 0.717) is 23.1 Å². The molecule has 132 valence electrons. The summed E-state index contributed by atoms with van der Waals surface area (Å²) in [6.07, 6.45) is 1.19. The molecule has 0 saturated heterocycles. The fraction of sp³-hybridized carbons (Fsp3) is 0.412. The third-order valence-corrected chi connectivity index (χ3v) is 5.12. The number of hydrogen-bond donors (Lipinski definition) is 2. The van der Waals surface area contributed by atoms with Crippen LogP contribution in [0, 0.1) is 0 Å². The molecule has 1 amide bonds. The molecule has 0 fully saturated rings. The summed E-state index contributed by atoms with van der Waals surface area (Å²) >= 11 is 1.29. The first-order chi connectivity index (χ1) is 11.9. The van der Waals surface area contributed by atoms with Crippen LogP contribution in [0.2, 0.25) is 0 Å². The normalized spacial score (nSPS) is 11.8. The van der Waals surface area contributed by atoms with Crippen molar-refractivity contribution in [2.24, 2.45) is 0 Å². The van der Waals surface area contributed by atoms with Crippen molar-refractivity contribution in [3.63, 3.8) is 0 Å². The Labute approximate surface area is 150 Å². The minimum absolute atomic E-state index is 0.0430. The maximum atomic E-state index is 12.5. The van der Waals surface area contributed by atoms with Crippen LogP contribution in [-0.4, -0.2) is 25.7 Å². The molecule has 1 aromatic carbocycles. The van der Waals surface area contributed by atoms with E-state index in [4.69, 9.17) is 5.73 Å². The smallest absolute Gasteiger partial charge is 0.222 e. The Bertz CT molecular complexity index is 898. The Kier molecular flexibility index (Phi) is 4.71. The summed E-state index contributed by atoms with van der Waals surface area (Å²) in [5.74, 6) is 0.948. The minimum Gasteiger partial charge on any atom is -0.374 e. The molecule has 0 aliphatic heterocycles. The number of benzene rings is 1. The highest BCUT2D eigenvalue weighted by molar-refractivity contribution is 7.15. The molecular formula is C17H22N6OS. The Morgan fingerprint density at radius 1 is 1.32 bits per heavy atom. The van der Waals surface area contributed by atoms with E-state index >= 15 is 0 Å². The van der Waals surface area contributed by atoms with Crippen LogP contribution in [0.15, 0.2) is 24.3 Å². The zero-order chi connectivity index (χ0) is 18.0. The predicted molar refractivity (Wildman–Crippen MR) is 99.2 cm³/mol. The Balaban J connectivity index is 1.70. The fourth-order valence-electron chi connectivity index (χ4n) is 2.81. The molecule has 0 saturated carbocycles. The molecule has 2 heterocycles. The van der Waals surface area contributed by atoms with Crippen LogP contribution >= 0.6 is 11.3 Å².